The predicted molar refractivity (Wildman–Crippen MR) is 63.8 cm³/mol. The lowest BCUT2D eigenvalue weighted by Gasteiger charge is -2.15. The van der Waals surface area contributed by atoms with Crippen LogP contribution in [0.25, 0.3) is 0 Å². The predicted octanol–water partition coefficient (Wildman–Crippen LogP) is 3.56. The molecule has 0 aromatic heterocycles. The zero-order valence-electron chi connectivity index (χ0n) is 9.09. The highest BCUT2D eigenvalue weighted by Gasteiger charge is 2.27. The molecular weight excluding hydrogens is 210 g/mol. The van der Waals surface area contributed by atoms with Crippen molar-refractivity contribution in [1.29, 1.82) is 0 Å². The van der Waals surface area contributed by atoms with Crippen molar-refractivity contribution in [2.45, 2.75) is 25.8 Å². The third-order valence-corrected chi connectivity index (χ3v) is 3.17. The van der Waals surface area contributed by atoms with Gasteiger partial charge < -0.3 is 10.1 Å². The number of benzene rings is 1. The molecule has 1 aliphatic rings. The van der Waals surface area contributed by atoms with Crippen LogP contribution in [-0.2, 0) is 0 Å². The quantitative estimate of drug-likeness (QED) is 0.846. The Hall–Kier alpha value is -0.890. The molecule has 1 saturated carbocycles. The van der Waals surface area contributed by atoms with Crippen molar-refractivity contribution in [2.24, 2.45) is 5.92 Å². The number of ether oxygens (including phenoxy) is 1. The van der Waals surface area contributed by atoms with Crippen LogP contribution in [0.5, 0.6) is 5.75 Å². The molecule has 0 unspecified atom stereocenters. The van der Waals surface area contributed by atoms with Crippen LogP contribution in [0.4, 0.5) is 5.69 Å². The molecule has 15 heavy (non-hydrogen) atoms. The minimum Gasteiger partial charge on any atom is -0.495 e. The number of hydrogen-bond donors (Lipinski definition) is 1. The molecule has 0 bridgehead atoms. The summed E-state index contributed by atoms with van der Waals surface area (Å²) < 4.78 is 5.11. The van der Waals surface area contributed by atoms with Gasteiger partial charge in [0.1, 0.15) is 5.75 Å². The fourth-order valence-corrected chi connectivity index (χ4v) is 1.99. The van der Waals surface area contributed by atoms with Crippen LogP contribution in [0.1, 0.15) is 19.8 Å². The second-order valence-corrected chi connectivity index (χ2v) is 4.53. The summed E-state index contributed by atoms with van der Waals surface area (Å²) in [6.45, 7) is 2.22. The largest absolute Gasteiger partial charge is 0.495 e. The monoisotopic (exact) mass is 225 g/mol. The maximum atomic E-state index is 6.04. The Labute approximate surface area is 95.6 Å². The van der Waals surface area contributed by atoms with E-state index in [0.29, 0.717) is 11.1 Å². The van der Waals surface area contributed by atoms with Crippen LogP contribution >= 0.6 is 11.6 Å². The summed E-state index contributed by atoms with van der Waals surface area (Å²) in [5.41, 5.74) is 1.07. The Balaban J connectivity index is 2.05. The summed E-state index contributed by atoms with van der Waals surface area (Å²) >= 11 is 6.04. The van der Waals surface area contributed by atoms with Gasteiger partial charge in [-0.3, -0.25) is 0 Å². The fourth-order valence-electron chi connectivity index (χ4n) is 1.73. The molecule has 2 nitrogen and oxygen atoms in total. The summed E-state index contributed by atoms with van der Waals surface area (Å²) in [6, 6.07) is 6.35. The third kappa shape index (κ3) is 2.57. The molecule has 1 atom stereocenters. The standard InChI is InChI=1S/C12H16ClNO/c1-8(9-3-4-9)14-10-5-6-12(15-2)11(13)7-10/h5-9,14H,3-4H2,1-2H3/t8-/m1/s1. The molecule has 1 aromatic carbocycles. The molecule has 0 saturated heterocycles. The number of nitrogens with one attached hydrogen (secondary N) is 1. The topological polar surface area (TPSA) is 21.3 Å². The van der Waals surface area contributed by atoms with E-state index in [4.69, 9.17) is 16.3 Å². The SMILES string of the molecule is COc1ccc(N[C@H](C)C2CC2)cc1Cl. The van der Waals surface area contributed by atoms with Crippen molar-refractivity contribution in [3.63, 3.8) is 0 Å². The average molecular weight is 226 g/mol. The smallest absolute Gasteiger partial charge is 0.137 e. The Morgan fingerprint density at radius 3 is 2.73 bits per heavy atom. The van der Waals surface area contributed by atoms with E-state index in [9.17, 15) is 0 Å². The third-order valence-electron chi connectivity index (χ3n) is 2.88. The van der Waals surface area contributed by atoms with Gasteiger partial charge in [-0.05, 0) is 43.9 Å². The zero-order chi connectivity index (χ0) is 10.8. The zero-order valence-corrected chi connectivity index (χ0v) is 9.84. The van der Waals surface area contributed by atoms with Crippen LogP contribution in [-0.4, -0.2) is 13.2 Å². The van der Waals surface area contributed by atoms with Gasteiger partial charge in [-0.1, -0.05) is 11.6 Å². The van der Waals surface area contributed by atoms with Gasteiger partial charge in [-0.15, -0.1) is 0 Å². The van der Waals surface area contributed by atoms with E-state index < -0.39 is 0 Å². The average Bonchev–Trinajstić information content (AvgIpc) is 3.01. The van der Waals surface area contributed by atoms with Crippen molar-refractivity contribution in [2.75, 3.05) is 12.4 Å². The first-order chi connectivity index (χ1) is 7.20. The summed E-state index contributed by atoms with van der Waals surface area (Å²) in [4.78, 5) is 0. The Bertz CT molecular complexity index is 349. The molecule has 1 aromatic rings. The molecular formula is C12H16ClNO. The Kier molecular flexibility index (Phi) is 3.06. The number of hydrogen-bond acceptors (Lipinski definition) is 2. The summed E-state index contributed by atoms with van der Waals surface area (Å²) in [7, 11) is 1.63. The maximum absolute atomic E-state index is 6.04. The van der Waals surface area contributed by atoms with E-state index in [1.165, 1.54) is 12.8 Å². The minimum absolute atomic E-state index is 0.537. The summed E-state index contributed by atoms with van der Waals surface area (Å²) in [5, 5.41) is 4.11. The number of methoxy groups -OCH3 is 1. The molecule has 82 valence electrons. The molecule has 2 rings (SSSR count). The van der Waals surface area contributed by atoms with Crippen molar-refractivity contribution in [3.8, 4) is 5.75 Å². The lowest BCUT2D eigenvalue weighted by Crippen LogP contribution is -2.17. The highest BCUT2D eigenvalue weighted by molar-refractivity contribution is 6.32. The van der Waals surface area contributed by atoms with Gasteiger partial charge in [-0.25, -0.2) is 0 Å². The Morgan fingerprint density at radius 1 is 1.47 bits per heavy atom. The Morgan fingerprint density at radius 2 is 2.20 bits per heavy atom. The van der Waals surface area contributed by atoms with Gasteiger partial charge in [0.2, 0.25) is 0 Å². The molecule has 3 heteroatoms. The van der Waals surface area contributed by atoms with Crippen LogP contribution in [0.3, 0.4) is 0 Å². The minimum atomic E-state index is 0.537. The van der Waals surface area contributed by atoms with Gasteiger partial charge in [-0.2, -0.15) is 0 Å². The van der Waals surface area contributed by atoms with Gasteiger partial charge in [0.25, 0.3) is 0 Å². The van der Waals surface area contributed by atoms with Crippen molar-refractivity contribution >= 4 is 17.3 Å². The van der Waals surface area contributed by atoms with Crippen molar-refractivity contribution < 1.29 is 4.74 Å². The van der Waals surface area contributed by atoms with Crippen LogP contribution < -0.4 is 10.1 Å². The molecule has 0 amide bonds. The molecule has 0 radical (unpaired) electrons. The molecule has 1 aliphatic carbocycles. The maximum Gasteiger partial charge on any atom is 0.137 e. The van der Waals surface area contributed by atoms with E-state index >= 15 is 0 Å². The van der Waals surface area contributed by atoms with Gasteiger partial charge in [0, 0.05) is 11.7 Å². The highest BCUT2D eigenvalue weighted by atomic mass is 35.5. The van der Waals surface area contributed by atoms with Crippen LogP contribution in [0.2, 0.25) is 5.02 Å². The number of halogens is 1. The normalized spacial score (nSPS) is 17.3. The molecule has 0 heterocycles. The van der Waals surface area contributed by atoms with E-state index in [-0.39, 0.29) is 0 Å². The number of rotatable bonds is 4. The molecule has 0 spiro atoms. The highest BCUT2D eigenvalue weighted by Crippen LogP contribution is 2.35. The van der Waals surface area contributed by atoms with E-state index in [1.807, 2.05) is 18.2 Å². The van der Waals surface area contributed by atoms with Crippen LogP contribution in [0.15, 0.2) is 18.2 Å². The van der Waals surface area contributed by atoms with Crippen molar-refractivity contribution in [3.05, 3.63) is 23.2 Å². The first-order valence-electron chi connectivity index (χ1n) is 5.31. The van der Waals surface area contributed by atoms with Gasteiger partial charge in [0.15, 0.2) is 0 Å². The van der Waals surface area contributed by atoms with E-state index in [1.54, 1.807) is 7.11 Å². The van der Waals surface area contributed by atoms with E-state index in [2.05, 4.69) is 12.2 Å². The molecule has 1 fully saturated rings. The summed E-state index contributed by atoms with van der Waals surface area (Å²) in [6.07, 6.45) is 2.69. The number of anilines is 1. The van der Waals surface area contributed by atoms with Crippen LogP contribution in [0, 0.1) is 5.92 Å². The van der Waals surface area contributed by atoms with E-state index in [0.717, 1.165) is 17.4 Å². The molecule has 1 N–H and O–H groups in total. The summed E-state index contributed by atoms with van der Waals surface area (Å²) in [5.74, 6) is 1.56. The second-order valence-electron chi connectivity index (χ2n) is 4.12. The lowest BCUT2D eigenvalue weighted by atomic mass is 10.2. The first kappa shape index (κ1) is 10.6. The lowest BCUT2D eigenvalue weighted by molar-refractivity contribution is 0.415. The second kappa shape index (κ2) is 4.31. The fraction of sp³-hybridized carbons (Fsp3) is 0.500. The van der Waals surface area contributed by atoms with Gasteiger partial charge >= 0.3 is 0 Å². The molecule has 0 aliphatic heterocycles. The van der Waals surface area contributed by atoms with Gasteiger partial charge in [0.05, 0.1) is 12.1 Å². The first-order valence-corrected chi connectivity index (χ1v) is 5.68. The van der Waals surface area contributed by atoms with Crippen molar-refractivity contribution in [1.82, 2.24) is 0 Å².